The molecule has 6 heteroatoms. The third-order valence-electron chi connectivity index (χ3n) is 5.14. The highest BCUT2D eigenvalue weighted by molar-refractivity contribution is 7.94. The molecule has 0 atom stereocenters. The van der Waals surface area contributed by atoms with Gasteiger partial charge in [0.2, 0.25) is 0 Å². The van der Waals surface area contributed by atoms with E-state index in [0.29, 0.717) is 27.8 Å². The Bertz CT molecular complexity index is 1000. The first-order valence-electron chi connectivity index (χ1n) is 9.97. The van der Waals surface area contributed by atoms with Crippen LogP contribution in [0.5, 0.6) is 0 Å². The average Bonchev–Trinajstić information content (AvgIpc) is 3.59. The van der Waals surface area contributed by atoms with Gasteiger partial charge in [0.05, 0.1) is 28.4 Å². The second kappa shape index (κ2) is 9.76. The molecule has 3 rings (SSSR count). The van der Waals surface area contributed by atoms with Gasteiger partial charge in [-0.3, -0.25) is 9.98 Å². The standard InChI is InChI=1S/C24H27FN4S/c1-5-22(18-8-9-18)28-16(3)19-7-6-15(2)24(12-19)29-17(4)21(13-26)23-11-10-20(30-25)14-27-23/h6-7,10-14,18,29H,3-5,8-9,26H2,1-2H3/b21-13-,28-22?. The van der Waals surface area contributed by atoms with Crippen LogP contribution in [0.1, 0.15) is 43.0 Å². The van der Waals surface area contributed by atoms with Crippen LogP contribution in [0.3, 0.4) is 0 Å². The Hall–Kier alpha value is -2.86. The van der Waals surface area contributed by atoms with Gasteiger partial charge in [-0.15, -0.1) is 0 Å². The zero-order valence-electron chi connectivity index (χ0n) is 17.4. The summed E-state index contributed by atoms with van der Waals surface area (Å²) in [7, 11) is 0. The lowest BCUT2D eigenvalue weighted by Crippen LogP contribution is -2.06. The summed E-state index contributed by atoms with van der Waals surface area (Å²) >= 11 is 0.155. The smallest absolute Gasteiger partial charge is 0.0828 e. The summed E-state index contributed by atoms with van der Waals surface area (Å²) in [6.45, 7) is 12.5. The summed E-state index contributed by atoms with van der Waals surface area (Å²) in [5.41, 5.74) is 12.6. The van der Waals surface area contributed by atoms with E-state index in [0.717, 1.165) is 28.9 Å². The number of anilines is 1. The molecule has 3 N–H and O–H groups in total. The van der Waals surface area contributed by atoms with Gasteiger partial charge in [-0.2, -0.15) is 3.89 Å². The molecule has 156 valence electrons. The van der Waals surface area contributed by atoms with E-state index in [9.17, 15) is 3.89 Å². The first-order valence-corrected chi connectivity index (χ1v) is 10.7. The van der Waals surface area contributed by atoms with Gasteiger partial charge in [0.25, 0.3) is 0 Å². The molecule has 0 spiro atoms. The van der Waals surface area contributed by atoms with Crippen molar-refractivity contribution in [2.75, 3.05) is 5.32 Å². The van der Waals surface area contributed by atoms with Crippen LogP contribution in [-0.4, -0.2) is 10.7 Å². The highest BCUT2D eigenvalue weighted by Crippen LogP contribution is 2.34. The van der Waals surface area contributed by atoms with Crippen LogP contribution in [0.4, 0.5) is 9.57 Å². The first-order chi connectivity index (χ1) is 14.5. The average molecular weight is 423 g/mol. The maximum atomic E-state index is 12.7. The van der Waals surface area contributed by atoms with Gasteiger partial charge in [-0.1, -0.05) is 32.2 Å². The van der Waals surface area contributed by atoms with E-state index in [1.54, 1.807) is 12.1 Å². The fourth-order valence-electron chi connectivity index (χ4n) is 3.21. The highest BCUT2D eigenvalue weighted by atomic mass is 32.2. The Morgan fingerprint density at radius 2 is 2.10 bits per heavy atom. The van der Waals surface area contributed by atoms with Crippen molar-refractivity contribution in [1.29, 1.82) is 0 Å². The van der Waals surface area contributed by atoms with E-state index >= 15 is 0 Å². The monoisotopic (exact) mass is 422 g/mol. The molecule has 1 aliphatic carbocycles. The molecule has 2 aromatic rings. The van der Waals surface area contributed by atoms with Crippen molar-refractivity contribution in [1.82, 2.24) is 4.98 Å². The minimum Gasteiger partial charge on any atom is -0.404 e. The van der Waals surface area contributed by atoms with Gasteiger partial charge in [0, 0.05) is 40.6 Å². The van der Waals surface area contributed by atoms with Crippen LogP contribution < -0.4 is 11.1 Å². The lowest BCUT2D eigenvalue weighted by molar-refractivity contribution is 0.931. The molecular weight excluding hydrogens is 395 g/mol. The maximum absolute atomic E-state index is 12.7. The molecule has 1 heterocycles. The number of rotatable bonds is 9. The van der Waals surface area contributed by atoms with Gasteiger partial charge in [-0.25, -0.2) is 0 Å². The number of nitrogens with one attached hydrogen (secondary N) is 1. The summed E-state index contributed by atoms with van der Waals surface area (Å²) in [5, 5.41) is 3.33. The normalized spacial score (nSPS) is 14.5. The predicted octanol–water partition coefficient (Wildman–Crippen LogP) is 6.52. The molecule has 0 bridgehead atoms. The van der Waals surface area contributed by atoms with Crippen molar-refractivity contribution in [3.8, 4) is 0 Å². The summed E-state index contributed by atoms with van der Waals surface area (Å²) in [5.74, 6) is 0.626. The highest BCUT2D eigenvalue weighted by Gasteiger charge is 2.26. The van der Waals surface area contributed by atoms with E-state index in [2.05, 4.69) is 30.4 Å². The van der Waals surface area contributed by atoms with Crippen LogP contribution >= 0.6 is 12.1 Å². The molecule has 4 nitrogen and oxygen atoms in total. The molecule has 0 radical (unpaired) electrons. The molecule has 1 saturated carbocycles. The zero-order chi connectivity index (χ0) is 21.7. The minimum atomic E-state index is 0.155. The second-order valence-electron chi connectivity index (χ2n) is 7.35. The van der Waals surface area contributed by atoms with Crippen LogP contribution in [0.2, 0.25) is 0 Å². The van der Waals surface area contributed by atoms with E-state index in [4.69, 9.17) is 10.7 Å². The van der Waals surface area contributed by atoms with Gasteiger partial charge in [0.15, 0.2) is 0 Å². The third-order valence-corrected chi connectivity index (χ3v) is 5.56. The fraction of sp³-hybridized carbons (Fsp3) is 0.250. The molecule has 0 saturated heterocycles. The molecular formula is C24H27FN4S. The molecule has 1 aromatic heterocycles. The van der Waals surface area contributed by atoms with E-state index in [1.165, 1.54) is 31.0 Å². The SMILES string of the molecule is C=C(Nc1cc(C(=C)N=C(CC)C2CC2)ccc1C)/C(=C/N)c1ccc(SF)cn1. The van der Waals surface area contributed by atoms with Crippen molar-refractivity contribution < 1.29 is 3.89 Å². The number of aryl methyl sites for hydroxylation is 1. The van der Waals surface area contributed by atoms with Crippen molar-refractivity contribution in [2.24, 2.45) is 16.6 Å². The fourth-order valence-corrected chi connectivity index (χ4v) is 3.42. The summed E-state index contributed by atoms with van der Waals surface area (Å²) < 4.78 is 12.7. The van der Waals surface area contributed by atoms with Crippen LogP contribution in [-0.2, 0) is 0 Å². The Morgan fingerprint density at radius 3 is 2.67 bits per heavy atom. The molecule has 0 unspecified atom stereocenters. The number of aromatic nitrogens is 1. The second-order valence-corrected chi connectivity index (χ2v) is 7.97. The Morgan fingerprint density at radius 1 is 1.33 bits per heavy atom. The van der Waals surface area contributed by atoms with Crippen LogP contribution in [0, 0.1) is 12.8 Å². The third kappa shape index (κ3) is 5.19. The number of hydrogen-bond donors (Lipinski definition) is 2. The molecule has 1 aliphatic rings. The van der Waals surface area contributed by atoms with Gasteiger partial charge >= 0.3 is 0 Å². The van der Waals surface area contributed by atoms with E-state index in [1.807, 2.05) is 25.1 Å². The van der Waals surface area contributed by atoms with Gasteiger partial charge < -0.3 is 11.1 Å². The summed E-state index contributed by atoms with van der Waals surface area (Å²) in [6.07, 6.45) is 6.33. The van der Waals surface area contributed by atoms with Gasteiger partial charge in [-0.05, 0) is 55.9 Å². The zero-order valence-corrected chi connectivity index (χ0v) is 18.2. The van der Waals surface area contributed by atoms with E-state index in [-0.39, 0.29) is 12.1 Å². The molecule has 1 aromatic carbocycles. The van der Waals surface area contributed by atoms with Crippen molar-refractivity contribution >= 4 is 34.8 Å². The number of benzene rings is 1. The van der Waals surface area contributed by atoms with Crippen LogP contribution in [0.15, 0.2) is 71.5 Å². The number of allylic oxidation sites excluding steroid dienone is 1. The number of nitrogens with zero attached hydrogens (tertiary/aromatic N) is 2. The lowest BCUT2D eigenvalue weighted by Gasteiger charge is -2.16. The predicted molar refractivity (Wildman–Crippen MR) is 127 cm³/mol. The quantitative estimate of drug-likeness (QED) is 0.356. The number of hydrogen-bond acceptors (Lipinski definition) is 5. The summed E-state index contributed by atoms with van der Waals surface area (Å²) in [6, 6.07) is 9.47. The Labute approximate surface area is 182 Å². The summed E-state index contributed by atoms with van der Waals surface area (Å²) in [4.78, 5) is 9.50. The van der Waals surface area contributed by atoms with Crippen LogP contribution in [0.25, 0.3) is 11.3 Å². The number of nitrogens with two attached hydrogens (primary N) is 1. The maximum Gasteiger partial charge on any atom is 0.0828 e. The lowest BCUT2D eigenvalue weighted by atomic mass is 10.1. The number of halogens is 1. The van der Waals surface area contributed by atoms with Crippen molar-refractivity contribution in [3.63, 3.8) is 0 Å². The first kappa shape index (κ1) is 21.8. The Kier molecular flexibility index (Phi) is 7.11. The molecule has 30 heavy (non-hydrogen) atoms. The topological polar surface area (TPSA) is 63.3 Å². The van der Waals surface area contributed by atoms with Crippen molar-refractivity contribution in [3.05, 3.63) is 78.4 Å². The Balaban J connectivity index is 1.80. The number of pyridine rings is 1. The van der Waals surface area contributed by atoms with E-state index < -0.39 is 0 Å². The molecule has 1 fully saturated rings. The molecule has 0 amide bonds. The minimum absolute atomic E-state index is 0.155. The number of aliphatic imine (C=N–C) groups is 1. The van der Waals surface area contributed by atoms with Crippen molar-refractivity contribution in [2.45, 2.75) is 38.0 Å². The van der Waals surface area contributed by atoms with Gasteiger partial charge in [0.1, 0.15) is 0 Å². The largest absolute Gasteiger partial charge is 0.404 e. The molecule has 0 aliphatic heterocycles.